The van der Waals surface area contributed by atoms with Gasteiger partial charge in [-0.3, -0.25) is 0 Å². The largest absolute Gasteiger partial charge is 0.399 e. The molecule has 2 aromatic carbocycles. The van der Waals surface area contributed by atoms with E-state index in [-0.39, 0.29) is 0 Å². The second kappa shape index (κ2) is 4.86. The summed E-state index contributed by atoms with van der Waals surface area (Å²) in [5, 5.41) is 1.33. The van der Waals surface area contributed by atoms with Crippen LogP contribution in [0.25, 0.3) is 0 Å². The molecular weight excluding hydrogens is 255 g/mol. The summed E-state index contributed by atoms with van der Waals surface area (Å²) >= 11 is 12.2. The third kappa shape index (κ3) is 2.84. The number of nitrogens with two attached hydrogens (primary N) is 2. The lowest BCUT2D eigenvalue weighted by molar-refractivity contribution is 1.20. The van der Waals surface area contributed by atoms with E-state index >= 15 is 0 Å². The van der Waals surface area contributed by atoms with Crippen LogP contribution in [-0.4, -0.2) is 0 Å². The molecular formula is C13H12Cl2N2. The van der Waals surface area contributed by atoms with E-state index < -0.39 is 0 Å². The molecule has 0 bridgehead atoms. The van der Waals surface area contributed by atoms with Gasteiger partial charge < -0.3 is 11.5 Å². The van der Waals surface area contributed by atoms with Gasteiger partial charge in [-0.1, -0.05) is 29.3 Å². The van der Waals surface area contributed by atoms with Crippen LogP contribution in [0, 0.1) is 0 Å². The summed E-state index contributed by atoms with van der Waals surface area (Å²) in [7, 11) is 0. The van der Waals surface area contributed by atoms with Gasteiger partial charge in [0.2, 0.25) is 0 Å². The van der Waals surface area contributed by atoms with E-state index in [1.807, 2.05) is 18.2 Å². The first kappa shape index (κ1) is 12.1. The van der Waals surface area contributed by atoms with Crippen LogP contribution in [0.2, 0.25) is 10.0 Å². The van der Waals surface area contributed by atoms with E-state index in [9.17, 15) is 0 Å². The monoisotopic (exact) mass is 266 g/mol. The van der Waals surface area contributed by atoms with E-state index in [4.69, 9.17) is 34.7 Å². The second-order valence-electron chi connectivity index (χ2n) is 3.88. The van der Waals surface area contributed by atoms with Crippen LogP contribution in [0.5, 0.6) is 0 Å². The van der Waals surface area contributed by atoms with Gasteiger partial charge in [0.1, 0.15) is 0 Å². The van der Waals surface area contributed by atoms with Gasteiger partial charge in [-0.15, -0.1) is 0 Å². The maximum Gasteiger partial charge on any atom is 0.0461 e. The molecule has 0 aliphatic rings. The van der Waals surface area contributed by atoms with Crippen LogP contribution in [-0.2, 0) is 6.42 Å². The quantitative estimate of drug-likeness (QED) is 0.814. The first-order chi connectivity index (χ1) is 8.06. The molecule has 2 nitrogen and oxygen atoms in total. The van der Waals surface area contributed by atoms with Crippen LogP contribution in [0.4, 0.5) is 11.4 Å². The van der Waals surface area contributed by atoms with Crippen LogP contribution < -0.4 is 11.5 Å². The summed E-state index contributed by atoms with van der Waals surface area (Å²) in [6, 6.07) is 10.9. The molecule has 0 saturated heterocycles. The molecule has 0 amide bonds. The van der Waals surface area contributed by atoms with Gasteiger partial charge in [0, 0.05) is 27.8 Å². The minimum atomic E-state index is 0.642. The molecule has 0 aliphatic heterocycles. The fraction of sp³-hybridized carbons (Fsp3) is 0.0769. The predicted octanol–water partition coefficient (Wildman–Crippen LogP) is 3.75. The highest BCUT2D eigenvalue weighted by Gasteiger charge is 2.06. The zero-order chi connectivity index (χ0) is 12.4. The molecule has 4 N–H and O–H groups in total. The molecule has 88 valence electrons. The van der Waals surface area contributed by atoms with Crippen molar-refractivity contribution in [1.29, 1.82) is 0 Å². The van der Waals surface area contributed by atoms with Crippen LogP contribution in [0.15, 0.2) is 36.4 Å². The van der Waals surface area contributed by atoms with E-state index in [1.165, 1.54) is 0 Å². The molecule has 0 heterocycles. The Labute approximate surface area is 110 Å². The van der Waals surface area contributed by atoms with Crippen molar-refractivity contribution < 1.29 is 0 Å². The third-order valence-electron chi connectivity index (χ3n) is 2.53. The topological polar surface area (TPSA) is 52.0 Å². The number of hydrogen-bond donors (Lipinski definition) is 2. The van der Waals surface area contributed by atoms with Crippen LogP contribution in [0.3, 0.4) is 0 Å². The molecule has 0 radical (unpaired) electrons. The average molecular weight is 267 g/mol. The van der Waals surface area contributed by atoms with Gasteiger partial charge in [0.25, 0.3) is 0 Å². The highest BCUT2D eigenvalue weighted by molar-refractivity contribution is 6.32. The fourth-order valence-electron chi connectivity index (χ4n) is 1.64. The van der Waals surface area contributed by atoms with Crippen molar-refractivity contribution in [1.82, 2.24) is 0 Å². The number of nitrogen functional groups attached to an aromatic ring is 2. The zero-order valence-corrected chi connectivity index (χ0v) is 10.6. The van der Waals surface area contributed by atoms with Gasteiger partial charge >= 0.3 is 0 Å². The Morgan fingerprint density at radius 2 is 1.41 bits per heavy atom. The molecule has 2 aromatic rings. The van der Waals surface area contributed by atoms with E-state index in [0.717, 1.165) is 11.1 Å². The molecule has 0 spiro atoms. The van der Waals surface area contributed by atoms with Crippen LogP contribution in [0.1, 0.15) is 11.1 Å². The first-order valence-electron chi connectivity index (χ1n) is 5.14. The molecule has 0 aromatic heterocycles. The number of anilines is 2. The van der Waals surface area contributed by atoms with E-state index in [1.54, 1.807) is 18.2 Å². The minimum absolute atomic E-state index is 0.642. The Kier molecular flexibility index (Phi) is 3.46. The molecule has 17 heavy (non-hydrogen) atoms. The van der Waals surface area contributed by atoms with Gasteiger partial charge in [-0.25, -0.2) is 0 Å². The lowest BCUT2D eigenvalue weighted by Gasteiger charge is -2.08. The van der Waals surface area contributed by atoms with Crippen molar-refractivity contribution >= 4 is 34.6 Å². The molecule has 2 rings (SSSR count). The lowest BCUT2D eigenvalue weighted by Crippen LogP contribution is -1.94. The SMILES string of the molecule is Nc1ccc(Cc2cc(N)ccc2Cl)c(Cl)c1. The Hall–Kier alpha value is -1.38. The number of halogens is 2. The molecule has 0 aliphatic carbocycles. The third-order valence-corrected chi connectivity index (χ3v) is 3.25. The molecule has 4 heteroatoms. The Morgan fingerprint density at radius 3 is 2.12 bits per heavy atom. The smallest absolute Gasteiger partial charge is 0.0461 e. The summed E-state index contributed by atoms with van der Waals surface area (Å²) < 4.78 is 0. The molecule has 0 atom stereocenters. The lowest BCUT2D eigenvalue weighted by atomic mass is 10.0. The average Bonchev–Trinajstić information content (AvgIpc) is 2.27. The van der Waals surface area contributed by atoms with Gasteiger partial charge in [0.05, 0.1) is 0 Å². The summed E-state index contributed by atoms with van der Waals surface area (Å²) in [5.41, 5.74) is 14.7. The van der Waals surface area contributed by atoms with Gasteiger partial charge in [-0.05, 0) is 41.5 Å². The Bertz CT molecular complexity index is 553. The van der Waals surface area contributed by atoms with E-state index in [0.29, 0.717) is 27.8 Å². The van der Waals surface area contributed by atoms with Crippen molar-refractivity contribution in [3.63, 3.8) is 0 Å². The normalized spacial score (nSPS) is 10.5. The summed E-state index contributed by atoms with van der Waals surface area (Å²) in [5.74, 6) is 0. The molecule has 0 unspecified atom stereocenters. The van der Waals surface area contributed by atoms with Crippen molar-refractivity contribution in [3.8, 4) is 0 Å². The van der Waals surface area contributed by atoms with Crippen molar-refractivity contribution in [2.45, 2.75) is 6.42 Å². The van der Waals surface area contributed by atoms with Crippen molar-refractivity contribution in [2.24, 2.45) is 0 Å². The molecule has 0 fully saturated rings. The van der Waals surface area contributed by atoms with Crippen LogP contribution >= 0.6 is 23.2 Å². The standard InChI is InChI=1S/C13H12Cl2N2/c14-12-4-3-10(16)6-9(12)5-8-1-2-11(17)7-13(8)15/h1-4,6-7H,5,16-17H2. The maximum atomic E-state index is 6.12. The number of rotatable bonds is 2. The fourth-order valence-corrected chi connectivity index (χ4v) is 2.08. The summed E-state index contributed by atoms with van der Waals surface area (Å²) in [6.45, 7) is 0. The first-order valence-corrected chi connectivity index (χ1v) is 5.89. The molecule has 0 saturated carbocycles. The second-order valence-corrected chi connectivity index (χ2v) is 4.69. The highest BCUT2D eigenvalue weighted by atomic mass is 35.5. The highest BCUT2D eigenvalue weighted by Crippen LogP contribution is 2.26. The number of benzene rings is 2. The van der Waals surface area contributed by atoms with Gasteiger partial charge in [-0.2, -0.15) is 0 Å². The predicted molar refractivity (Wildman–Crippen MR) is 74.5 cm³/mol. The van der Waals surface area contributed by atoms with Gasteiger partial charge in [0.15, 0.2) is 0 Å². The van der Waals surface area contributed by atoms with Crippen molar-refractivity contribution in [2.75, 3.05) is 11.5 Å². The summed E-state index contributed by atoms with van der Waals surface area (Å²) in [4.78, 5) is 0. The Balaban J connectivity index is 2.34. The van der Waals surface area contributed by atoms with E-state index in [2.05, 4.69) is 0 Å². The maximum absolute atomic E-state index is 6.12. The Morgan fingerprint density at radius 1 is 0.765 bits per heavy atom. The summed E-state index contributed by atoms with van der Waals surface area (Å²) in [6.07, 6.45) is 0.642. The van der Waals surface area contributed by atoms with Crippen molar-refractivity contribution in [3.05, 3.63) is 57.6 Å². The zero-order valence-electron chi connectivity index (χ0n) is 9.08. The minimum Gasteiger partial charge on any atom is -0.399 e. The number of hydrogen-bond acceptors (Lipinski definition) is 2.